The minimum atomic E-state index is -0.731. The Hall–Kier alpha value is -1.69. The molecule has 0 aliphatic heterocycles. The lowest BCUT2D eigenvalue weighted by Crippen LogP contribution is -2.42. The first-order chi connectivity index (χ1) is 9.17. The van der Waals surface area contributed by atoms with Crippen molar-refractivity contribution >= 4 is 24.7 Å². The molecule has 6 heteroatoms. The second-order valence-electron chi connectivity index (χ2n) is 3.79. The fourth-order valence-electron chi connectivity index (χ4n) is 1.43. The third-order valence-corrected chi connectivity index (χ3v) is 2.67. The second-order valence-corrected chi connectivity index (χ2v) is 4.24. The molecule has 0 radical (unpaired) electrons. The van der Waals surface area contributed by atoms with Crippen molar-refractivity contribution in [2.24, 2.45) is 0 Å². The molecule has 0 aromatic heterocycles. The van der Waals surface area contributed by atoms with Gasteiger partial charge in [-0.3, -0.25) is 0 Å². The van der Waals surface area contributed by atoms with Crippen LogP contribution in [0.25, 0.3) is 0 Å². The van der Waals surface area contributed by atoms with Crippen LogP contribution in [0.2, 0.25) is 0 Å². The van der Waals surface area contributed by atoms with Crippen LogP contribution in [0, 0.1) is 0 Å². The first kappa shape index (κ1) is 15.4. The maximum Gasteiger partial charge on any atom is 0.408 e. The quantitative estimate of drug-likeness (QED) is 0.617. The molecule has 5 nitrogen and oxygen atoms in total. The van der Waals surface area contributed by atoms with E-state index in [0.29, 0.717) is 12.2 Å². The van der Waals surface area contributed by atoms with Crippen LogP contribution >= 0.6 is 12.6 Å². The lowest BCUT2D eigenvalue weighted by molar-refractivity contribution is -0.143. The Balaban J connectivity index is 2.42. The van der Waals surface area contributed by atoms with E-state index >= 15 is 0 Å². The molecule has 1 N–H and O–H groups in total. The van der Waals surface area contributed by atoms with Gasteiger partial charge in [-0.2, -0.15) is 12.6 Å². The predicted octanol–water partition coefficient (Wildman–Crippen LogP) is 1.77. The zero-order valence-electron chi connectivity index (χ0n) is 10.7. The number of hydrogen-bond acceptors (Lipinski definition) is 5. The standard InChI is InChI=1S/C13H17NO4S/c1-17-12(15)11(7-8-19)14-13(16)18-9-10-5-3-2-4-6-10/h2-6,11,19H,7-9H2,1H3,(H,14,16). The van der Waals surface area contributed by atoms with Crippen molar-refractivity contribution in [3.05, 3.63) is 35.9 Å². The maximum atomic E-state index is 11.6. The fourth-order valence-corrected chi connectivity index (χ4v) is 1.69. The Kier molecular flexibility index (Phi) is 6.81. The van der Waals surface area contributed by atoms with Gasteiger partial charge in [0.25, 0.3) is 0 Å². The monoisotopic (exact) mass is 283 g/mol. The summed E-state index contributed by atoms with van der Waals surface area (Å²) >= 11 is 4.03. The number of alkyl carbamates (subject to hydrolysis) is 1. The minimum Gasteiger partial charge on any atom is -0.467 e. The van der Waals surface area contributed by atoms with Crippen LogP contribution in [-0.2, 0) is 20.9 Å². The summed E-state index contributed by atoms with van der Waals surface area (Å²) in [6, 6.07) is 8.55. The van der Waals surface area contributed by atoms with Gasteiger partial charge in [0, 0.05) is 0 Å². The highest BCUT2D eigenvalue weighted by molar-refractivity contribution is 7.80. The fraction of sp³-hybridized carbons (Fsp3) is 0.385. The van der Waals surface area contributed by atoms with Gasteiger partial charge in [0.2, 0.25) is 0 Å². The van der Waals surface area contributed by atoms with Crippen LogP contribution in [0.4, 0.5) is 4.79 Å². The predicted molar refractivity (Wildman–Crippen MR) is 74.0 cm³/mol. The van der Waals surface area contributed by atoms with E-state index in [9.17, 15) is 9.59 Å². The number of esters is 1. The highest BCUT2D eigenvalue weighted by atomic mass is 32.1. The highest BCUT2D eigenvalue weighted by Crippen LogP contribution is 2.02. The van der Waals surface area contributed by atoms with E-state index in [1.807, 2.05) is 30.3 Å². The van der Waals surface area contributed by atoms with E-state index in [1.54, 1.807) is 0 Å². The van der Waals surface area contributed by atoms with Gasteiger partial charge in [0.1, 0.15) is 12.6 Å². The molecular weight excluding hydrogens is 266 g/mol. The Bertz CT molecular complexity index is 410. The first-order valence-electron chi connectivity index (χ1n) is 5.83. The molecule has 1 aromatic rings. The number of ether oxygens (including phenoxy) is 2. The zero-order valence-corrected chi connectivity index (χ0v) is 11.6. The van der Waals surface area contributed by atoms with Gasteiger partial charge in [-0.05, 0) is 17.7 Å². The van der Waals surface area contributed by atoms with E-state index in [0.717, 1.165) is 5.56 Å². The topological polar surface area (TPSA) is 64.6 Å². The molecule has 0 heterocycles. The summed E-state index contributed by atoms with van der Waals surface area (Å²) in [6.07, 6.45) is -0.267. The van der Waals surface area contributed by atoms with Crippen molar-refractivity contribution in [1.82, 2.24) is 5.32 Å². The zero-order chi connectivity index (χ0) is 14.1. The van der Waals surface area contributed by atoms with Crippen molar-refractivity contribution in [2.75, 3.05) is 12.9 Å². The van der Waals surface area contributed by atoms with E-state index in [1.165, 1.54) is 7.11 Å². The number of nitrogens with one attached hydrogen (secondary N) is 1. The number of hydrogen-bond donors (Lipinski definition) is 2. The molecule has 0 aliphatic rings. The second kappa shape index (κ2) is 8.42. The van der Waals surface area contributed by atoms with Crippen LogP contribution in [-0.4, -0.2) is 31.0 Å². The van der Waals surface area contributed by atoms with Crippen molar-refractivity contribution in [2.45, 2.75) is 19.1 Å². The number of carbonyl (C=O) groups excluding carboxylic acids is 2. The van der Waals surface area contributed by atoms with Crippen LogP contribution in [0.15, 0.2) is 30.3 Å². The third kappa shape index (κ3) is 5.65. The Labute approximate surface area is 117 Å². The molecule has 0 saturated heterocycles. The van der Waals surface area contributed by atoms with Gasteiger partial charge < -0.3 is 14.8 Å². The van der Waals surface area contributed by atoms with Crippen molar-refractivity contribution in [3.8, 4) is 0 Å². The van der Waals surface area contributed by atoms with Crippen LogP contribution in [0.1, 0.15) is 12.0 Å². The summed E-state index contributed by atoms with van der Waals surface area (Å²) in [5, 5.41) is 2.45. The highest BCUT2D eigenvalue weighted by Gasteiger charge is 2.21. The number of carbonyl (C=O) groups is 2. The number of thiol groups is 1. The van der Waals surface area contributed by atoms with Gasteiger partial charge in [-0.1, -0.05) is 30.3 Å². The normalized spacial score (nSPS) is 11.5. The lowest BCUT2D eigenvalue weighted by atomic mass is 10.2. The Morgan fingerprint density at radius 1 is 1.32 bits per heavy atom. The summed E-state index contributed by atoms with van der Waals surface area (Å²) < 4.78 is 9.60. The van der Waals surface area contributed by atoms with Crippen molar-refractivity contribution in [3.63, 3.8) is 0 Å². The summed E-state index contributed by atoms with van der Waals surface area (Å²) in [7, 11) is 1.27. The van der Waals surface area contributed by atoms with Crippen LogP contribution < -0.4 is 5.32 Å². The Morgan fingerprint density at radius 3 is 2.58 bits per heavy atom. The molecule has 0 saturated carbocycles. The molecule has 1 unspecified atom stereocenters. The molecule has 0 fully saturated rings. The lowest BCUT2D eigenvalue weighted by Gasteiger charge is -2.15. The minimum absolute atomic E-state index is 0.154. The largest absolute Gasteiger partial charge is 0.467 e. The molecule has 1 atom stereocenters. The number of rotatable bonds is 6. The summed E-state index contributed by atoms with van der Waals surface area (Å²) in [4.78, 5) is 22.9. The van der Waals surface area contributed by atoms with Gasteiger partial charge in [0.15, 0.2) is 0 Å². The van der Waals surface area contributed by atoms with Gasteiger partial charge in [0.05, 0.1) is 7.11 Å². The third-order valence-electron chi connectivity index (χ3n) is 2.41. The van der Waals surface area contributed by atoms with Crippen LogP contribution in [0.3, 0.4) is 0 Å². The molecular formula is C13H17NO4S. The smallest absolute Gasteiger partial charge is 0.408 e. The average molecular weight is 283 g/mol. The van der Waals surface area contributed by atoms with Gasteiger partial charge in [-0.25, -0.2) is 9.59 Å². The summed E-state index contributed by atoms with van der Waals surface area (Å²) in [6.45, 7) is 0.154. The molecule has 0 bridgehead atoms. The molecule has 0 aliphatic carbocycles. The van der Waals surface area contributed by atoms with Crippen molar-refractivity contribution < 1.29 is 19.1 Å². The first-order valence-corrected chi connectivity index (χ1v) is 6.46. The Morgan fingerprint density at radius 2 is 2.00 bits per heavy atom. The molecule has 1 aromatic carbocycles. The molecule has 1 amide bonds. The van der Waals surface area contributed by atoms with Gasteiger partial charge in [-0.15, -0.1) is 0 Å². The molecule has 104 valence electrons. The van der Waals surface area contributed by atoms with E-state index in [2.05, 4.69) is 22.7 Å². The number of benzene rings is 1. The molecule has 1 rings (SSSR count). The summed E-state index contributed by atoms with van der Waals surface area (Å²) in [5.74, 6) is -0.0515. The van der Waals surface area contributed by atoms with E-state index in [4.69, 9.17) is 4.74 Å². The maximum absolute atomic E-state index is 11.6. The SMILES string of the molecule is COC(=O)C(CCS)NC(=O)OCc1ccccc1. The van der Waals surface area contributed by atoms with Gasteiger partial charge >= 0.3 is 12.1 Å². The van der Waals surface area contributed by atoms with Crippen LogP contribution in [0.5, 0.6) is 0 Å². The van der Waals surface area contributed by atoms with E-state index < -0.39 is 18.1 Å². The van der Waals surface area contributed by atoms with E-state index in [-0.39, 0.29) is 6.61 Å². The van der Waals surface area contributed by atoms with Crippen molar-refractivity contribution in [1.29, 1.82) is 0 Å². The molecule has 19 heavy (non-hydrogen) atoms. The molecule has 0 spiro atoms. The number of methoxy groups -OCH3 is 1. The average Bonchev–Trinajstić information content (AvgIpc) is 2.45. The summed E-state index contributed by atoms with van der Waals surface area (Å²) in [5.41, 5.74) is 0.876. The number of amides is 1.